The number of thiocarbonyl (C=S) groups is 1. The average molecular weight is 604 g/mol. The van der Waals surface area contributed by atoms with Crippen LogP contribution in [-0.4, -0.2) is 51.6 Å². The van der Waals surface area contributed by atoms with Crippen molar-refractivity contribution >= 4 is 83.8 Å². The van der Waals surface area contributed by atoms with Gasteiger partial charge in [-0.1, -0.05) is 15.9 Å². The zero-order chi connectivity index (χ0) is 24.3. The summed E-state index contributed by atoms with van der Waals surface area (Å²) in [4.78, 5) is 63.7. The minimum Gasteiger partial charge on any atom is -0.360 e. The second kappa shape index (κ2) is 10.2. The first kappa shape index (κ1) is 24.5. The first-order valence-corrected chi connectivity index (χ1v) is 11.2. The molecule has 174 valence electrons. The molecule has 3 rings (SSSR count). The SMILES string of the molecule is Cc1nc2c(Br)cc(Br)cc2c(=O)n1NCC(=O)NNC(=S)NCC1C(=O)NC(=O)NC1=O. The number of barbiturate groups is 1. The molecule has 0 unspecified atom stereocenters. The van der Waals surface area contributed by atoms with E-state index in [0.717, 1.165) is 4.68 Å². The van der Waals surface area contributed by atoms with Crippen molar-refractivity contribution in [3.63, 3.8) is 0 Å². The number of aromatic nitrogens is 2. The Bertz CT molecular complexity index is 1230. The Morgan fingerprint density at radius 2 is 1.82 bits per heavy atom. The van der Waals surface area contributed by atoms with E-state index < -0.39 is 29.7 Å². The van der Waals surface area contributed by atoms with E-state index in [2.05, 4.69) is 58.4 Å². The van der Waals surface area contributed by atoms with Crippen molar-refractivity contribution in [2.75, 3.05) is 18.5 Å². The fourth-order valence-electron chi connectivity index (χ4n) is 2.80. The van der Waals surface area contributed by atoms with Gasteiger partial charge in [0.05, 0.1) is 10.9 Å². The Labute approximate surface area is 207 Å². The Morgan fingerprint density at radius 3 is 2.48 bits per heavy atom. The summed E-state index contributed by atoms with van der Waals surface area (Å²) in [5, 5.41) is 6.78. The molecule has 6 N–H and O–H groups in total. The van der Waals surface area contributed by atoms with Crippen LogP contribution in [0, 0.1) is 12.8 Å². The van der Waals surface area contributed by atoms with E-state index in [4.69, 9.17) is 12.2 Å². The number of hydrogen-bond acceptors (Lipinski definition) is 8. The number of nitrogens with one attached hydrogen (secondary N) is 6. The molecule has 0 saturated carbocycles. The summed E-state index contributed by atoms with van der Waals surface area (Å²) in [6, 6.07) is 2.51. The van der Waals surface area contributed by atoms with Gasteiger partial charge < -0.3 is 10.7 Å². The molecule has 13 nitrogen and oxygen atoms in total. The standard InChI is InChI=1S/C17H16Br2N8O5S/c1-6-22-12-8(2-7(18)3-10(12)19)15(31)27(6)21-5-11(28)25-26-17(33)20-4-9-13(29)23-16(32)24-14(9)30/h2-3,9,21H,4-5H2,1H3,(H,25,28)(H2,20,26,33)(H2,23,24,29,30,32). The summed E-state index contributed by atoms with van der Waals surface area (Å²) >= 11 is 11.7. The fraction of sp³-hybridized carbons (Fsp3) is 0.235. The van der Waals surface area contributed by atoms with E-state index in [1.807, 2.05) is 10.6 Å². The number of hydrogen-bond donors (Lipinski definition) is 6. The highest BCUT2D eigenvalue weighted by Crippen LogP contribution is 2.25. The Kier molecular flexibility index (Phi) is 7.60. The molecule has 0 bridgehead atoms. The fourth-order valence-corrected chi connectivity index (χ4v) is 4.25. The number of rotatable bonds is 5. The summed E-state index contributed by atoms with van der Waals surface area (Å²) in [7, 11) is 0. The predicted molar refractivity (Wildman–Crippen MR) is 127 cm³/mol. The molecular weight excluding hydrogens is 588 g/mol. The van der Waals surface area contributed by atoms with Gasteiger partial charge in [0.2, 0.25) is 11.8 Å². The Morgan fingerprint density at radius 1 is 1.15 bits per heavy atom. The van der Waals surface area contributed by atoms with E-state index in [1.54, 1.807) is 19.1 Å². The molecule has 2 heterocycles. The number of nitrogens with zero attached hydrogens (tertiary/aromatic N) is 2. The molecule has 0 radical (unpaired) electrons. The number of benzene rings is 1. The van der Waals surface area contributed by atoms with E-state index in [-0.39, 0.29) is 23.8 Å². The number of halogens is 2. The number of urea groups is 1. The predicted octanol–water partition coefficient (Wildman–Crippen LogP) is -0.749. The molecule has 1 aromatic carbocycles. The topological polar surface area (TPSA) is 175 Å². The molecule has 5 amide bonds. The van der Waals surface area contributed by atoms with Crippen molar-refractivity contribution in [2.24, 2.45) is 5.92 Å². The average Bonchev–Trinajstić information content (AvgIpc) is 2.72. The molecule has 16 heteroatoms. The zero-order valence-corrected chi connectivity index (χ0v) is 20.7. The van der Waals surface area contributed by atoms with Crippen LogP contribution in [0.25, 0.3) is 10.9 Å². The van der Waals surface area contributed by atoms with Gasteiger partial charge in [-0.25, -0.2) is 14.5 Å². The van der Waals surface area contributed by atoms with Crippen molar-refractivity contribution in [3.05, 3.63) is 37.3 Å². The third-order valence-corrected chi connectivity index (χ3v) is 5.65. The van der Waals surface area contributed by atoms with Crippen molar-refractivity contribution in [3.8, 4) is 0 Å². The van der Waals surface area contributed by atoms with Gasteiger partial charge in [-0.05, 0) is 47.2 Å². The maximum absolute atomic E-state index is 12.8. The summed E-state index contributed by atoms with van der Waals surface area (Å²) in [5.41, 5.74) is 7.50. The highest BCUT2D eigenvalue weighted by Gasteiger charge is 2.33. The van der Waals surface area contributed by atoms with Gasteiger partial charge in [-0.2, -0.15) is 0 Å². The Hall–Kier alpha value is -3.11. The number of fused-ring (bicyclic) bond motifs is 1. The second-order valence-corrected chi connectivity index (χ2v) is 8.84. The van der Waals surface area contributed by atoms with Gasteiger partial charge in [0.1, 0.15) is 18.3 Å². The third kappa shape index (κ3) is 5.82. The molecular formula is C17H16Br2N8O5S. The molecule has 1 aromatic heterocycles. The maximum atomic E-state index is 12.8. The summed E-state index contributed by atoms with van der Waals surface area (Å²) in [5.74, 6) is -2.93. The van der Waals surface area contributed by atoms with Crippen LogP contribution < -0.4 is 37.8 Å². The van der Waals surface area contributed by atoms with Crippen LogP contribution in [0.3, 0.4) is 0 Å². The lowest BCUT2D eigenvalue weighted by molar-refractivity contribution is -0.135. The molecule has 1 aliphatic rings. The summed E-state index contributed by atoms with van der Waals surface area (Å²) in [6.45, 7) is 1.12. The van der Waals surface area contributed by atoms with Crippen molar-refractivity contribution in [1.82, 2.24) is 36.5 Å². The number of aryl methyl sites for hydroxylation is 1. The molecule has 1 aliphatic heterocycles. The third-order valence-electron chi connectivity index (χ3n) is 4.35. The minimum atomic E-state index is -1.17. The molecule has 1 saturated heterocycles. The van der Waals surface area contributed by atoms with E-state index in [1.165, 1.54) is 0 Å². The number of hydrazine groups is 1. The zero-order valence-electron chi connectivity index (χ0n) is 16.7. The quantitative estimate of drug-likeness (QED) is 0.145. The van der Waals surface area contributed by atoms with Crippen molar-refractivity contribution < 1.29 is 19.2 Å². The van der Waals surface area contributed by atoms with Crippen LogP contribution in [-0.2, 0) is 14.4 Å². The van der Waals surface area contributed by atoms with Gasteiger partial charge in [0.25, 0.3) is 11.5 Å². The highest BCUT2D eigenvalue weighted by atomic mass is 79.9. The number of imide groups is 2. The lowest BCUT2D eigenvalue weighted by Gasteiger charge is -2.21. The minimum absolute atomic E-state index is 0.0729. The van der Waals surface area contributed by atoms with Crippen LogP contribution in [0.15, 0.2) is 25.9 Å². The van der Waals surface area contributed by atoms with Crippen LogP contribution >= 0.6 is 44.1 Å². The normalized spacial score (nSPS) is 13.8. The highest BCUT2D eigenvalue weighted by molar-refractivity contribution is 9.11. The monoisotopic (exact) mass is 602 g/mol. The molecule has 1 fully saturated rings. The van der Waals surface area contributed by atoms with E-state index in [9.17, 15) is 24.0 Å². The van der Waals surface area contributed by atoms with E-state index in [0.29, 0.717) is 25.7 Å². The van der Waals surface area contributed by atoms with Crippen LogP contribution in [0.4, 0.5) is 4.79 Å². The van der Waals surface area contributed by atoms with Crippen molar-refractivity contribution in [2.45, 2.75) is 6.92 Å². The van der Waals surface area contributed by atoms with Crippen molar-refractivity contribution in [1.29, 1.82) is 0 Å². The lowest BCUT2D eigenvalue weighted by atomic mass is 10.1. The summed E-state index contributed by atoms with van der Waals surface area (Å²) in [6.07, 6.45) is 0. The summed E-state index contributed by atoms with van der Waals surface area (Å²) < 4.78 is 2.49. The Balaban J connectivity index is 1.52. The lowest BCUT2D eigenvalue weighted by Crippen LogP contribution is -2.59. The first-order valence-electron chi connectivity index (χ1n) is 9.17. The number of amides is 5. The molecule has 2 aromatic rings. The molecule has 0 spiro atoms. The smallest absolute Gasteiger partial charge is 0.328 e. The van der Waals surface area contributed by atoms with Gasteiger partial charge in [0, 0.05) is 15.5 Å². The maximum Gasteiger partial charge on any atom is 0.328 e. The van der Waals surface area contributed by atoms with Gasteiger partial charge in [0.15, 0.2) is 5.11 Å². The molecule has 0 atom stereocenters. The number of carbonyl (C=O) groups excluding carboxylic acids is 4. The largest absolute Gasteiger partial charge is 0.360 e. The van der Waals surface area contributed by atoms with E-state index >= 15 is 0 Å². The molecule has 0 aliphatic carbocycles. The number of carbonyl (C=O) groups is 4. The molecule has 33 heavy (non-hydrogen) atoms. The van der Waals surface area contributed by atoms with Gasteiger partial charge >= 0.3 is 6.03 Å². The second-order valence-electron chi connectivity index (χ2n) is 6.66. The van der Waals surface area contributed by atoms with Gasteiger partial charge in [-0.3, -0.25) is 40.7 Å². The van der Waals surface area contributed by atoms with Crippen LogP contribution in [0.5, 0.6) is 0 Å². The van der Waals surface area contributed by atoms with Gasteiger partial charge in [-0.15, -0.1) is 0 Å². The van der Waals surface area contributed by atoms with Crippen LogP contribution in [0.2, 0.25) is 0 Å². The van der Waals surface area contributed by atoms with Crippen LogP contribution in [0.1, 0.15) is 5.82 Å². The first-order chi connectivity index (χ1) is 15.6.